The Labute approximate surface area is 181 Å². The SMILES string of the molecule is CN1C(=S)C(NC(=O)OCc2ccccc2)N=C(c2ccccc2)c2ccccc21. The zero-order valence-electron chi connectivity index (χ0n) is 16.5. The molecule has 30 heavy (non-hydrogen) atoms. The molecule has 1 aliphatic rings. The average Bonchev–Trinajstić information content (AvgIpc) is 2.90. The highest BCUT2D eigenvalue weighted by Gasteiger charge is 2.28. The van der Waals surface area contributed by atoms with Gasteiger partial charge in [0.1, 0.15) is 11.6 Å². The number of benzodiazepines with no additional fused rings is 1. The van der Waals surface area contributed by atoms with Gasteiger partial charge in [-0.15, -0.1) is 0 Å². The number of anilines is 1. The Morgan fingerprint density at radius 3 is 2.37 bits per heavy atom. The molecule has 0 radical (unpaired) electrons. The second-order valence-electron chi connectivity index (χ2n) is 6.87. The van der Waals surface area contributed by atoms with E-state index < -0.39 is 12.3 Å². The fourth-order valence-corrected chi connectivity index (χ4v) is 3.53. The molecule has 0 fully saturated rings. The number of thiocarbonyl (C=S) groups is 1. The highest BCUT2D eigenvalue weighted by atomic mass is 32.1. The monoisotopic (exact) mass is 415 g/mol. The molecule has 0 saturated carbocycles. The molecule has 4 rings (SSSR count). The predicted molar refractivity (Wildman–Crippen MR) is 123 cm³/mol. The van der Waals surface area contributed by atoms with Gasteiger partial charge in [0.15, 0.2) is 6.17 Å². The lowest BCUT2D eigenvalue weighted by molar-refractivity contribution is 0.138. The van der Waals surface area contributed by atoms with Crippen LogP contribution in [-0.2, 0) is 11.3 Å². The topological polar surface area (TPSA) is 53.9 Å². The smallest absolute Gasteiger partial charge is 0.409 e. The minimum absolute atomic E-state index is 0.178. The van der Waals surface area contributed by atoms with Gasteiger partial charge < -0.3 is 9.64 Å². The van der Waals surface area contributed by atoms with Crippen LogP contribution in [0.25, 0.3) is 0 Å². The Hall–Kier alpha value is -3.51. The van der Waals surface area contributed by atoms with E-state index in [1.54, 1.807) is 0 Å². The second-order valence-corrected chi connectivity index (χ2v) is 7.29. The number of hydrogen-bond donors (Lipinski definition) is 1. The third-order valence-corrected chi connectivity index (χ3v) is 5.35. The zero-order chi connectivity index (χ0) is 20.9. The molecule has 1 amide bonds. The normalized spacial score (nSPS) is 15.6. The Bertz CT molecular complexity index is 1080. The molecule has 1 unspecified atom stereocenters. The maximum atomic E-state index is 12.5. The molecule has 1 heterocycles. The fourth-order valence-electron chi connectivity index (χ4n) is 3.32. The third kappa shape index (κ3) is 4.23. The molecule has 0 aliphatic carbocycles. The number of amides is 1. The van der Waals surface area contributed by atoms with Gasteiger partial charge in [0, 0.05) is 18.2 Å². The van der Waals surface area contributed by atoms with Gasteiger partial charge in [-0.05, 0) is 11.6 Å². The number of ether oxygens (including phenoxy) is 1. The van der Waals surface area contributed by atoms with Gasteiger partial charge in [-0.2, -0.15) is 0 Å². The van der Waals surface area contributed by atoms with E-state index in [2.05, 4.69) is 5.32 Å². The Kier molecular flexibility index (Phi) is 5.86. The summed E-state index contributed by atoms with van der Waals surface area (Å²) in [6.45, 7) is 0.178. The number of rotatable bonds is 4. The zero-order valence-corrected chi connectivity index (χ0v) is 17.3. The van der Waals surface area contributed by atoms with Crippen molar-refractivity contribution in [3.8, 4) is 0 Å². The van der Waals surface area contributed by atoms with E-state index in [1.807, 2.05) is 96.9 Å². The van der Waals surface area contributed by atoms with Crippen LogP contribution in [0.3, 0.4) is 0 Å². The lowest BCUT2D eigenvalue weighted by atomic mass is 10.0. The lowest BCUT2D eigenvalue weighted by Gasteiger charge is -2.23. The lowest BCUT2D eigenvalue weighted by Crippen LogP contribution is -2.45. The molecule has 5 nitrogen and oxygen atoms in total. The first kappa shape index (κ1) is 19.8. The van der Waals surface area contributed by atoms with Gasteiger partial charge >= 0.3 is 6.09 Å². The molecule has 1 atom stereocenters. The number of fused-ring (bicyclic) bond motifs is 1. The molecule has 0 aromatic heterocycles. The summed E-state index contributed by atoms with van der Waals surface area (Å²) in [5.74, 6) is 0. The van der Waals surface area contributed by atoms with E-state index >= 15 is 0 Å². The summed E-state index contributed by atoms with van der Waals surface area (Å²) in [5, 5.41) is 2.81. The summed E-state index contributed by atoms with van der Waals surface area (Å²) < 4.78 is 5.38. The number of hydrogen-bond acceptors (Lipinski definition) is 4. The van der Waals surface area contributed by atoms with E-state index in [1.165, 1.54) is 0 Å². The van der Waals surface area contributed by atoms with E-state index in [0.29, 0.717) is 4.99 Å². The fraction of sp³-hybridized carbons (Fsp3) is 0.125. The first-order valence-corrected chi connectivity index (χ1v) is 10.0. The molecule has 3 aromatic carbocycles. The van der Waals surface area contributed by atoms with Gasteiger partial charge in [0.2, 0.25) is 0 Å². The Balaban J connectivity index is 1.62. The molecular weight excluding hydrogens is 394 g/mol. The van der Waals surface area contributed by atoms with Gasteiger partial charge in [-0.3, -0.25) is 10.3 Å². The van der Waals surface area contributed by atoms with E-state index in [4.69, 9.17) is 21.9 Å². The number of benzene rings is 3. The molecule has 0 bridgehead atoms. The van der Waals surface area contributed by atoms with Crippen LogP contribution in [0.4, 0.5) is 10.5 Å². The highest BCUT2D eigenvalue weighted by molar-refractivity contribution is 7.80. The van der Waals surface area contributed by atoms with Crippen molar-refractivity contribution in [3.05, 3.63) is 102 Å². The van der Waals surface area contributed by atoms with Crippen LogP contribution < -0.4 is 10.2 Å². The molecule has 1 N–H and O–H groups in total. The van der Waals surface area contributed by atoms with Crippen molar-refractivity contribution in [1.29, 1.82) is 0 Å². The average molecular weight is 416 g/mol. The molecule has 0 spiro atoms. The summed E-state index contributed by atoms with van der Waals surface area (Å²) in [6, 6.07) is 27.3. The molecular formula is C24H21N3O2S. The minimum Gasteiger partial charge on any atom is -0.445 e. The predicted octanol–water partition coefficient (Wildman–Crippen LogP) is 4.55. The summed E-state index contributed by atoms with van der Waals surface area (Å²) >= 11 is 5.66. The van der Waals surface area contributed by atoms with E-state index in [9.17, 15) is 4.79 Å². The summed E-state index contributed by atoms with van der Waals surface area (Å²) in [6.07, 6.45) is -1.29. The van der Waals surface area contributed by atoms with Gasteiger partial charge in [0.25, 0.3) is 0 Å². The number of carbonyl (C=O) groups excluding carboxylic acids is 1. The first-order valence-electron chi connectivity index (χ1n) is 9.61. The highest BCUT2D eigenvalue weighted by Crippen LogP contribution is 2.27. The first-order chi connectivity index (χ1) is 14.6. The van der Waals surface area contributed by atoms with E-state index in [0.717, 1.165) is 28.1 Å². The van der Waals surface area contributed by atoms with Gasteiger partial charge in [-0.25, -0.2) is 4.79 Å². The van der Waals surface area contributed by atoms with Crippen molar-refractivity contribution in [2.75, 3.05) is 11.9 Å². The van der Waals surface area contributed by atoms with Crippen molar-refractivity contribution < 1.29 is 9.53 Å². The van der Waals surface area contributed by atoms with Crippen LogP contribution in [-0.4, -0.2) is 30.0 Å². The maximum absolute atomic E-state index is 12.5. The molecule has 1 aliphatic heterocycles. The maximum Gasteiger partial charge on any atom is 0.409 e. The van der Waals surface area contributed by atoms with Crippen molar-refractivity contribution in [1.82, 2.24) is 5.32 Å². The van der Waals surface area contributed by atoms with Crippen LogP contribution in [0, 0.1) is 0 Å². The number of carbonyl (C=O) groups is 1. The molecule has 3 aromatic rings. The van der Waals surface area contributed by atoms with Crippen molar-refractivity contribution in [3.63, 3.8) is 0 Å². The Morgan fingerprint density at radius 2 is 1.63 bits per heavy atom. The van der Waals surface area contributed by atoms with Crippen molar-refractivity contribution in [2.45, 2.75) is 12.8 Å². The number of nitrogens with one attached hydrogen (secondary N) is 1. The van der Waals surface area contributed by atoms with Gasteiger partial charge in [0.05, 0.1) is 11.4 Å². The standard InChI is InChI=1S/C24H21N3O2S/c1-27-20-15-9-8-14-19(20)21(18-12-6-3-7-13-18)25-22(23(27)30)26-24(28)29-16-17-10-4-2-5-11-17/h2-15,22H,16H2,1H3,(H,26,28). The second kappa shape index (κ2) is 8.88. The summed E-state index contributed by atoms with van der Waals surface area (Å²) in [4.78, 5) is 19.7. The molecule has 150 valence electrons. The Morgan fingerprint density at radius 1 is 1.00 bits per heavy atom. The minimum atomic E-state index is -0.726. The molecule has 0 saturated heterocycles. The molecule has 6 heteroatoms. The van der Waals surface area contributed by atoms with Crippen LogP contribution >= 0.6 is 12.2 Å². The number of aliphatic imine (C=N–C) groups is 1. The van der Waals surface area contributed by atoms with Crippen LogP contribution in [0.1, 0.15) is 16.7 Å². The number of alkyl carbamates (subject to hydrolysis) is 1. The summed E-state index contributed by atoms with van der Waals surface area (Å²) in [5.41, 5.74) is 4.52. The van der Waals surface area contributed by atoms with Gasteiger partial charge in [-0.1, -0.05) is 91.1 Å². The van der Waals surface area contributed by atoms with Crippen molar-refractivity contribution >= 4 is 34.7 Å². The van der Waals surface area contributed by atoms with E-state index in [-0.39, 0.29) is 6.61 Å². The number of para-hydroxylation sites is 1. The quantitative estimate of drug-likeness (QED) is 0.635. The summed E-state index contributed by atoms with van der Waals surface area (Å²) in [7, 11) is 1.88. The van der Waals surface area contributed by atoms with Crippen LogP contribution in [0.5, 0.6) is 0 Å². The van der Waals surface area contributed by atoms with Crippen LogP contribution in [0.2, 0.25) is 0 Å². The number of nitrogens with zero attached hydrogens (tertiary/aromatic N) is 2. The van der Waals surface area contributed by atoms with Crippen LogP contribution in [0.15, 0.2) is 89.9 Å². The largest absolute Gasteiger partial charge is 0.445 e. The number of likely N-dealkylation sites (N-methyl/N-ethyl adjacent to an activating group) is 1. The third-order valence-electron chi connectivity index (χ3n) is 4.86. The van der Waals surface area contributed by atoms with Crippen molar-refractivity contribution in [2.24, 2.45) is 4.99 Å².